The fourth-order valence-electron chi connectivity index (χ4n) is 1.26. The number of nitrogen functional groups attached to an aromatic ring is 1. The van der Waals surface area contributed by atoms with Gasteiger partial charge in [-0.15, -0.1) is 11.8 Å². The molecule has 0 aliphatic carbocycles. The second-order valence-corrected chi connectivity index (χ2v) is 4.06. The third-order valence-corrected chi connectivity index (χ3v) is 2.88. The van der Waals surface area contributed by atoms with Gasteiger partial charge in [0, 0.05) is 11.3 Å². The van der Waals surface area contributed by atoms with E-state index >= 15 is 0 Å². The van der Waals surface area contributed by atoms with E-state index in [1.54, 1.807) is 0 Å². The Labute approximate surface area is 93.5 Å². The van der Waals surface area contributed by atoms with E-state index in [-0.39, 0.29) is 6.61 Å². The van der Waals surface area contributed by atoms with Crippen LogP contribution in [-0.4, -0.2) is 27.4 Å². The van der Waals surface area contributed by atoms with Crippen molar-refractivity contribution in [1.29, 1.82) is 0 Å². The number of rotatable bonds is 6. The predicted octanol–water partition coefficient (Wildman–Crippen LogP) is 0.799. The molecule has 1 aromatic heterocycles. The average Bonchev–Trinajstić information content (AvgIpc) is 2.28. The van der Waals surface area contributed by atoms with Crippen LogP contribution in [0.5, 0.6) is 0 Å². The van der Waals surface area contributed by atoms with Crippen LogP contribution in [0.3, 0.4) is 0 Å². The van der Waals surface area contributed by atoms with E-state index in [0.717, 1.165) is 23.4 Å². The minimum absolute atomic E-state index is 0.144. The molecule has 0 aliphatic rings. The zero-order valence-electron chi connectivity index (χ0n) is 8.73. The summed E-state index contributed by atoms with van der Waals surface area (Å²) < 4.78 is 0. The van der Waals surface area contributed by atoms with Gasteiger partial charge >= 0.3 is 0 Å². The number of nitrogens with one attached hydrogen (secondary N) is 1. The smallest absolute Gasteiger partial charge is 0.147 e. The van der Waals surface area contributed by atoms with E-state index in [4.69, 9.17) is 10.9 Å². The first kappa shape index (κ1) is 12.2. The molecule has 0 fully saturated rings. The Morgan fingerprint density at radius 2 is 2.33 bits per heavy atom. The van der Waals surface area contributed by atoms with Gasteiger partial charge in [-0.2, -0.15) is 0 Å². The normalized spacial score (nSPS) is 10.3. The zero-order chi connectivity index (χ0) is 11.1. The molecule has 5 nitrogen and oxygen atoms in total. The van der Waals surface area contributed by atoms with Crippen LogP contribution in [0.4, 0.5) is 5.82 Å². The van der Waals surface area contributed by atoms with Gasteiger partial charge in [-0.1, -0.05) is 13.3 Å². The Hall–Kier alpha value is -0.850. The molecular weight excluding hydrogens is 212 g/mol. The van der Waals surface area contributed by atoms with Crippen LogP contribution in [0.25, 0.3) is 0 Å². The van der Waals surface area contributed by atoms with Crippen molar-refractivity contribution in [3.63, 3.8) is 0 Å². The van der Waals surface area contributed by atoms with Crippen LogP contribution >= 0.6 is 11.8 Å². The zero-order valence-corrected chi connectivity index (χ0v) is 9.55. The molecule has 0 saturated carbocycles. The lowest BCUT2D eigenvalue weighted by atomic mass is 10.2. The number of aliphatic hydroxyl groups is 1. The predicted molar refractivity (Wildman–Crippen MR) is 61.6 cm³/mol. The van der Waals surface area contributed by atoms with Gasteiger partial charge in [0.15, 0.2) is 0 Å². The summed E-state index contributed by atoms with van der Waals surface area (Å²) in [5, 5.41) is 9.67. The summed E-state index contributed by atoms with van der Waals surface area (Å²) in [4.78, 5) is 8.25. The van der Waals surface area contributed by atoms with E-state index < -0.39 is 0 Å². The van der Waals surface area contributed by atoms with Crippen molar-refractivity contribution in [2.75, 3.05) is 17.8 Å². The molecular formula is C9H16N4OS. The molecule has 0 spiro atoms. The van der Waals surface area contributed by atoms with Crippen LogP contribution in [-0.2, 0) is 6.42 Å². The van der Waals surface area contributed by atoms with Crippen LogP contribution in [0.15, 0.2) is 11.4 Å². The highest BCUT2D eigenvalue weighted by molar-refractivity contribution is 7.99. The quantitative estimate of drug-likeness (QED) is 0.289. The van der Waals surface area contributed by atoms with Crippen molar-refractivity contribution < 1.29 is 5.11 Å². The van der Waals surface area contributed by atoms with Gasteiger partial charge in [0.2, 0.25) is 0 Å². The maximum atomic E-state index is 8.77. The van der Waals surface area contributed by atoms with E-state index in [9.17, 15) is 0 Å². The number of aliphatic hydroxyl groups excluding tert-OH is 1. The highest BCUT2D eigenvalue weighted by Crippen LogP contribution is 2.25. The van der Waals surface area contributed by atoms with E-state index in [1.165, 1.54) is 18.1 Å². The molecule has 15 heavy (non-hydrogen) atoms. The molecule has 0 unspecified atom stereocenters. The van der Waals surface area contributed by atoms with Crippen molar-refractivity contribution in [1.82, 2.24) is 9.97 Å². The topological polar surface area (TPSA) is 84.1 Å². The minimum atomic E-state index is 0.144. The van der Waals surface area contributed by atoms with Gasteiger partial charge in [0.05, 0.1) is 6.61 Å². The largest absolute Gasteiger partial charge is 0.396 e. The molecule has 1 aromatic rings. The lowest BCUT2D eigenvalue weighted by Crippen LogP contribution is -2.12. The summed E-state index contributed by atoms with van der Waals surface area (Å²) >= 11 is 1.52. The first-order valence-corrected chi connectivity index (χ1v) is 5.86. The lowest BCUT2D eigenvalue weighted by Gasteiger charge is -2.10. The summed E-state index contributed by atoms with van der Waals surface area (Å²) in [6, 6.07) is 0. The Morgan fingerprint density at radius 1 is 1.53 bits per heavy atom. The molecule has 4 N–H and O–H groups in total. The third-order valence-electron chi connectivity index (χ3n) is 1.87. The summed E-state index contributed by atoms with van der Waals surface area (Å²) in [6.07, 6.45) is 3.37. The van der Waals surface area contributed by atoms with E-state index in [1.807, 2.05) is 0 Å². The molecule has 0 bridgehead atoms. The molecule has 0 radical (unpaired) electrons. The molecule has 0 saturated heterocycles. The van der Waals surface area contributed by atoms with Gasteiger partial charge in [0.1, 0.15) is 17.2 Å². The number of hydrazine groups is 1. The van der Waals surface area contributed by atoms with Crippen LogP contribution in [0, 0.1) is 0 Å². The number of nitrogens with zero attached hydrogens (tertiary/aromatic N) is 2. The second-order valence-electron chi connectivity index (χ2n) is 2.97. The summed E-state index contributed by atoms with van der Waals surface area (Å²) in [5.74, 6) is 6.69. The number of aromatic nitrogens is 2. The fraction of sp³-hybridized carbons (Fsp3) is 0.556. The van der Waals surface area contributed by atoms with Gasteiger partial charge in [-0.3, -0.25) is 0 Å². The van der Waals surface area contributed by atoms with Crippen molar-refractivity contribution >= 4 is 17.6 Å². The van der Waals surface area contributed by atoms with Crippen LogP contribution < -0.4 is 11.3 Å². The SMILES string of the molecule is CCCc1c(NN)ncnc1SCCO. The standard InChI is InChI=1S/C9H16N4OS/c1-2-3-7-8(13-10)11-6-12-9(7)15-5-4-14/h6,14H,2-5,10H2,1H3,(H,11,12,13). The van der Waals surface area contributed by atoms with Crippen molar-refractivity contribution in [2.45, 2.75) is 24.8 Å². The maximum absolute atomic E-state index is 8.77. The maximum Gasteiger partial charge on any atom is 0.147 e. The van der Waals surface area contributed by atoms with Gasteiger partial charge in [0.25, 0.3) is 0 Å². The highest BCUT2D eigenvalue weighted by atomic mass is 32.2. The molecule has 1 heterocycles. The Balaban J connectivity index is 2.90. The molecule has 6 heteroatoms. The lowest BCUT2D eigenvalue weighted by molar-refractivity contribution is 0.322. The van der Waals surface area contributed by atoms with Crippen LogP contribution in [0.2, 0.25) is 0 Å². The third kappa shape index (κ3) is 3.33. The number of thioether (sulfide) groups is 1. The fourth-order valence-corrected chi connectivity index (χ4v) is 2.04. The summed E-state index contributed by atoms with van der Waals surface area (Å²) in [5.41, 5.74) is 3.60. The van der Waals surface area contributed by atoms with E-state index in [0.29, 0.717) is 11.6 Å². The Kier molecular flexibility index (Phi) is 5.38. The molecule has 84 valence electrons. The Morgan fingerprint density at radius 3 is 2.93 bits per heavy atom. The van der Waals surface area contributed by atoms with Gasteiger partial charge in [-0.05, 0) is 6.42 Å². The summed E-state index contributed by atoms with van der Waals surface area (Å²) in [7, 11) is 0. The molecule has 0 amide bonds. The van der Waals surface area contributed by atoms with Crippen molar-refractivity contribution in [3.8, 4) is 0 Å². The number of hydrogen-bond donors (Lipinski definition) is 3. The van der Waals surface area contributed by atoms with E-state index in [2.05, 4.69) is 22.3 Å². The first-order valence-electron chi connectivity index (χ1n) is 4.87. The van der Waals surface area contributed by atoms with Crippen LogP contribution in [0.1, 0.15) is 18.9 Å². The second kappa shape index (κ2) is 6.60. The molecule has 1 rings (SSSR count). The van der Waals surface area contributed by atoms with Gasteiger partial charge < -0.3 is 10.5 Å². The average molecular weight is 228 g/mol. The monoisotopic (exact) mass is 228 g/mol. The molecule has 0 aliphatic heterocycles. The van der Waals surface area contributed by atoms with Gasteiger partial charge in [-0.25, -0.2) is 15.8 Å². The highest BCUT2D eigenvalue weighted by Gasteiger charge is 2.09. The number of nitrogens with two attached hydrogens (primary N) is 1. The molecule has 0 aromatic carbocycles. The number of hydrogen-bond acceptors (Lipinski definition) is 6. The van der Waals surface area contributed by atoms with Crippen molar-refractivity contribution in [2.24, 2.45) is 5.84 Å². The molecule has 0 atom stereocenters. The summed E-state index contributed by atoms with van der Waals surface area (Å²) in [6.45, 7) is 2.24. The van der Waals surface area contributed by atoms with Crippen molar-refractivity contribution in [3.05, 3.63) is 11.9 Å². The first-order chi connectivity index (χ1) is 7.33. The number of anilines is 1. The Bertz CT molecular complexity index is 308. The minimum Gasteiger partial charge on any atom is -0.396 e.